The molecular weight excluding hydrogens is 338 g/mol. The van der Waals surface area contributed by atoms with Crippen molar-refractivity contribution in [2.75, 3.05) is 24.5 Å². The average Bonchev–Trinajstić information content (AvgIpc) is 2.64. The van der Waals surface area contributed by atoms with E-state index in [1.807, 2.05) is 0 Å². The van der Waals surface area contributed by atoms with E-state index < -0.39 is 0 Å². The molecule has 2 heterocycles. The summed E-state index contributed by atoms with van der Waals surface area (Å²) >= 11 is 5.98. The third kappa shape index (κ3) is 5.50. The molecular formula is C18H30ClN5O. The minimum Gasteiger partial charge on any atom is -0.338 e. The summed E-state index contributed by atoms with van der Waals surface area (Å²) in [6.45, 7) is 5.12. The molecule has 0 radical (unpaired) electrons. The van der Waals surface area contributed by atoms with Crippen LogP contribution in [0, 0.1) is 0 Å². The van der Waals surface area contributed by atoms with E-state index >= 15 is 0 Å². The van der Waals surface area contributed by atoms with E-state index in [1.165, 1.54) is 38.4 Å². The van der Waals surface area contributed by atoms with E-state index in [0.717, 1.165) is 45.3 Å². The Morgan fingerprint density at radius 1 is 1.16 bits per heavy atom. The van der Waals surface area contributed by atoms with E-state index in [-0.39, 0.29) is 5.28 Å². The van der Waals surface area contributed by atoms with Crippen LogP contribution in [0.25, 0.3) is 0 Å². The number of rotatable bonds is 7. The van der Waals surface area contributed by atoms with Crippen LogP contribution in [0.15, 0.2) is 6.33 Å². The predicted molar refractivity (Wildman–Crippen MR) is 99.6 cm³/mol. The highest BCUT2D eigenvalue weighted by Gasteiger charge is 2.28. The lowest BCUT2D eigenvalue weighted by molar-refractivity contribution is -0.213. The summed E-state index contributed by atoms with van der Waals surface area (Å²) in [6, 6.07) is 0.441. The minimum absolute atomic E-state index is 0.268. The molecule has 0 spiro atoms. The van der Waals surface area contributed by atoms with Crippen LogP contribution in [0.4, 0.5) is 5.95 Å². The molecule has 1 saturated carbocycles. The summed E-state index contributed by atoms with van der Waals surface area (Å²) in [7, 11) is 0. The van der Waals surface area contributed by atoms with Gasteiger partial charge in [0, 0.05) is 25.7 Å². The van der Waals surface area contributed by atoms with Crippen LogP contribution in [0.1, 0.15) is 64.7 Å². The monoisotopic (exact) mass is 367 g/mol. The van der Waals surface area contributed by atoms with Crippen molar-refractivity contribution in [1.82, 2.24) is 20.0 Å². The van der Waals surface area contributed by atoms with Gasteiger partial charge in [-0.2, -0.15) is 10.0 Å². The first-order valence-corrected chi connectivity index (χ1v) is 10.2. The van der Waals surface area contributed by atoms with Crippen molar-refractivity contribution in [3.63, 3.8) is 0 Å². The molecule has 3 rings (SSSR count). The van der Waals surface area contributed by atoms with Crippen LogP contribution in [0.2, 0.25) is 5.28 Å². The summed E-state index contributed by atoms with van der Waals surface area (Å²) in [5.41, 5.74) is 0. The normalized spacial score (nSPS) is 20.7. The summed E-state index contributed by atoms with van der Waals surface area (Å²) in [5.74, 6) is 0.708. The van der Waals surface area contributed by atoms with E-state index in [2.05, 4.69) is 31.8 Å². The maximum Gasteiger partial charge on any atom is 0.229 e. The Morgan fingerprint density at radius 3 is 2.60 bits per heavy atom. The number of unbranched alkanes of at least 4 members (excludes halogenated alkanes) is 1. The topological polar surface area (TPSA) is 54.4 Å². The molecule has 0 atom stereocenters. The maximum atomic E-state index is 6.22. The van der Waals surface area contributed by atoms with E-state index in [1.54, 1.807) is 0 Å². The Labute approximate surface area is 155 Å². The highest BCUT2D eigenvalue weighted by molar-refractivity contribution is 6.28. The second-order valence-electron chi connectivity index (χ2n) is 7.13. The molecule has 140 valence electrons. The van der Waals surface area contributed by atoms with Gasteiger partial charge in [-0.25, -0.2) is 9.97 Å². The molecule has 1 aliphatic carbocycles. The average molecular weight is 368 g/mol. The number of piperidine rings is 1. The standard InChI is InChI=1S/C18H30ClN5O/c1-2-3-11-24(18-21-14-20-17(19)22-18)15-9-12-23(13-10-15)25-16-7-5-4-6-8-16/h14-16H,2-13H2,1H3. The van der Waals surface area contributed by atoms with E-state index in [4.69, 9.17) is 16.4 Å². The number of nitrogens with zero attached hydrogens (tertiary/aromatic N) is 5. The molecule has 0 bridgehead atoms. The SMILES string of the molecule is CCCCN(c1ncnc(Cl)n1)C1CCN(OC2CCCCC2)CC1. The molecule has 0 N–H and O–H groups in total. The van der Waals surface area contributed by atoms with Crippen molar-refractivity contribution >= 4 is 17.5 Å². The van der Waals surface area contributed by atoms with Crippen LogP contribution in [-0.4, -0.2) is 51.8 Å². The number of hydrogen-bond donors (Lipinski definition) is 0. The number of halogens is 1. The zero-order valence-corrected chi connectivity index (χ0v) is 16.0. The molecule has 0 amide bonds. The van der Waals surface area contributed by atoms with Gasteiger partial charge in [0.05, 0.1) is 6.10 Å². The zero-order chi connectivity index (χ0) is 17.5. The van der Waals surface area contributed by atoms with Gasteiger partial charge in [0.2, 0.25) is 11.2 Å². The molecule has 6 nitrogen and oxygen atoms in total. The number of anilines is 1. The highest BCUT2D eigenvalue weighted by atomic mass is 35.5. The largest absolute Gasteiger partial charge is 0.338 e. The first-order chi connectivity index (χ1) is 12.3. The van der Waals surface area contributed by atoms with Crippen molar-refractivity contribution in [1.29, 1.82) is 0 Å². The fraction of sp³-hybridized carbons (Fsp3) is 0.833. The Hall–Kier alpha value is -0.980. The Bertz CT molecular complexity index is 518. The molecule has 2 aliphatic rings. The molecule has 0 unspecified atom stereocenters. The van der Waals surface area contributed by atoms with Crippen molar-refractivity contribution < 1.29 is 4.84 Å². The second-order valence-corrected chi connectivity index (χ2v) is 7.47. The zero-order valence-electron chi connectivity index (χ0n) is 15.2. The Morgan fingerprint density at radius 2 is 1.92 bits per heavy atom. The van der Waals surface area contributed by atoms with Crippen molar-refractivity contribution in [2.45, 2.75) is 76.9 Å². The molecule has 7 heteroatoms. The van der Waals surface area contributed by atoms with Gasteiger partial charge in [-0.15, -0.1) is 0 Å². The Balaban J connectivity index is 1.55. The molecule has 25 heavy (non-hydrogen) atoms. The van der Waals surface area contributed by atoms with Crippen molar-refractivity contribution in [3.05, 3.63) is 11.6 Å². The van der Waals surface area contributed by atoms with E-state index in [9.17, 15) is 0 Å². The van der Waals surface area contributed by atoms with Gasteiger partial charge in [-0.05, 0) is 43.7 Å². The fourth-order valence-electron chi connectivity index (χ4n) is 3.82. The van der Waals surface area contributed by atoms with Gasteiger partial charge in [0.25, 0.3) is 0 Å². The molecule has 1 aliphatic heterocycles. The van der Waals surface area contributed by atoms with Crippen LogP contribution in [0.3, 0.4) is 0 Å². The summed E-state index contributed by atoms with van der Waals surface area (Å²) in [6.07, 6.45) is 12.8. The van der Waals surface area contributed by atoms with Gasteiger partial charge >= 0.3 is 0 Å². The maximum absolute atomic E-state index is 6.22. The van der Waals surface area contributed by atoms with Gasteiger partial charge in [0.1, 0.15) is 6.33 Å². The number of hydroxylamine groups is 2. The van der Waals surface area contributed by atoms with Crippen LogP contribution >= 0.6 is 11.6 Å². The van der Waals surface area contributed by atoms with Crippen LogP contribution < -0.4 is 4.90 Å². The summed E-state index contributed by atoms with van der Waals surface area (Å²) in [5, 5.41) is 2.45. The van der Waals surface area contributed by atoms with Gasteiger partial charge < -0.3 is 4.90 Å². The second kappa shape index (κ2) is 9.64. The van der Waals surface area contributed by atoms with E-state index in [0.29, 0.717) is 18.1 Å². The Kier molecular flexibility index (Phi) is 7.25. The lowest BCUT2D eigenvalue weighted by Gasteiger charge is -2.39. The number of aromatic nitrogens is 3. The minimum atomic E-state index is 0.268. The predicted octanol–water partition coefficient (Wildman–Crippen LogP) is 3.86. The van der Waals surface area contributed by atoms with Gasteiger partial charge in [0.15, 0.2) is 0 Å². The quantitative estimate of drug-likeness (QED) is 0.729. The molecule has 1 saturated heterocycles. The number of hydrogen-bond acceptors (Lipinski definition) is 6. The molecule has 1 aromatic heterocycles. The molecule has 2 fully saturated rings. The third-order valence-electron chi connectivity index (χ3n) is 5.25. The molecule has 0 aromatic carbocycles. The lowest BCUT2D eigenvalue weighted by Crippen LogP contribution is -2.47. The smallest absolute Gasteiger partial charge is 0.229 e. The third-order valence-corrected chi connectivity index (χ3v) is 5.44. The molecule has 1 aromatic rings. The van der Waals surface area contributed by atoms with Crippen LogP contribution in [-0.2, 0) is 4.84 Å². The highest BCUT2D eigenvalue weighted by Crippen LogP contribution is 2.25. The van der Waals surface area contributed by atoms with Crippen LogP contribution in [0.5, 0.6) is 0 Å². The van der Waals surface area contributed by atoms with Gasteiger partial charge in [-0.1, -0.05) is 32.6 Å². The summed E-state index contributed by atoms with van der Waals surface area (Å²) < 4.78 is 0. The summed E-state index contributed by atoms with van der Waals surface area (Å²) in [4.78, 5) is 21.1. The lowest BCUT2D eigenvalue weighted by atomic mass is 9.98. The first-order valence-electron chi connectivity index (χ1n) is 9.79. The van der Waals surface area contributed by atoms with Gasteiger partial charge in [-0.3, -0.25) is 4.84 Å². The first kappa shape index (κ1) is 18.8. The van der Waals surface area contributed by atoms with Crippen molar-refractivity contribution in [2.24, 2.45) is 0 Å². The van der Waals surface area contributed by atoms with Crippen molar-refractivity contribution in [3.8, 4) is 0 Å². The fourth-order valence-corrected chi connectivity index (χ4v) is 3.94.